The first-order valence-electron chi connectivity index (χ1n) is 11.6. The summed E-state index contributed by atoms with van der Waals surface area (Å²) < 4.78 is 0. The second kappa shape index (κ2) is 10.4. The van der Waals surface area contributed by atoms with E-state index in [0.29, 0.717) is 18.2 Å². The van der Waals surface area contributed by atoms with E-state index in [1.807, 2.05) is 6.20 Å². The molecule has 0 aliphatic carbocycles. The van der Waals surface area contributed by atoms with E-state index in [1.54, 1.807) is 0 Å². The van der Waals surface area contributed by atoms with Crippen molar-refractivity contribution in [3.05, 3.63) is 23.9 Å². The molecule has 5 nitrogen and oxygen atoms in total. The standard InChI is InChI=1S/C24H40N4O/c1-19(2)21-9-12-28(13-10-21)24(29)6-5-11-26-14-16-27(17-15-26)23-8-7-22(18-25-23)20(3)4/h7-8,18-21H,5-6,9-17H2,1-4H3. The highest BCUT2D eigenvalue weighted by molar-refractivity contribution is 5.76. The smallest absolute Gasteiger partial charge is 0.222 e. The van der Waals surface area contributed by atoms with Crippen LogP contribution in [0, 0.1) is 11.8 Å². The Bertz CT molecular complexity index is 627. The highest BCUT2D eigenvalue weighted by atomic mass is 16.2. The van der Waals surface area contributed by atoms with Gasteiger partial charge in [0.25, 0.3) is 0 Å². The fourth-order valence-electron chi connectivity index (χ4n) is 4.55. The van der Waals surface area contributed by atoms with Gasteiger partial charge in [0.2, 0.25) is 5.91 Å². The molecule has 2 saturated heterocycles. The van der Waals surface area contributed by atoms with Crippen LogP contribution in [0.3, 0.4) is 0 Å². The summed E-state index contributed by atoms with van der Waals surface area (Å²) in [5.74, 6) is 3.52. The van der Waals surface area contributed by atoms with Crippen LogP contribution >= 0.6 is 0 Å². The number of carbonyl (C=O) groups is 1. The van der Waals surface area contributed by atoms with Gasteiger partial charge in [-0.25, -0.2) is 4.98 Å². The third-order valence-electron chi connectivity index (χ3n) is 6.83. The molecule has 2 fully saturated rings. The Kier molecular flexibility index (Phi) is 7.93. The zero-order valence-electron chi connectivity index (χ0n) is 18.9. The van der Waals surface area contributed by atoms with Gasteiger partial charge in [0.15, 0.2) is 0 Å². The van der Waals surface area contributed by atoms with Crippen LogP contribution in [0.5, 0.6) is 0 Å². The molecule has 2 aliphatic heterocycles. The maximum Gasteiger partial charge on any atom is 0.222 e. The lowest BCUT2D eigenvalue weighted by Gasteiger charge is -2.36. The number of aromatic nitrogens is 1. The van der Waals surface area contributed by atoms with E-state index in [0.717, 1.165) is 69.9 Å². The lowest BCUT2D eigenvalue weighted by molar-refractivity contribution is -0.133. The van der Waals surface area contributed by atoms with Crippen molar-refractivity contribution >= 4 is 11.7 Å². The predicted molar refractivity (Wildman–Crippen MR) is 120 cm³/mol. The van der Waals surface area contributed by atoms with Crippen LogP contribution in [0.15, 0.2) is 18.3 Å². The van der Waals surface area contributed by atoms with E-state index in [1.165, 1.54) is 18.4 Å². The molecule has 1 aromatic heterocycles. The molecule has 5 heteroatoms. The molecule has 0 spiro atoms. The number of hydrogen-bond donors (Lipinski definition) is 0. The fourth-order valence-corrected chi connectivity index (χ4v) is 4.55. The van der Waals surface area contributed by atoms with Gasteiger partial charge in [-0.05, 0) is 55.2 Å². The Morgan fingerprint density at radius 1 is 1.03 bits per heavy atom. The minimum absolute atomic E-state index is 0.361. The molecule has 0 bridgehead atoms. The highest BCUT2D eigenvalue weighted by Crippen LogP contribution is 2.25. The second-order valence-corrected chi connectivity index (χ2v) is 9.50. The van der Waals surface area contributed by atoms with Gasteiger partial charge in [-0.15, -0.1) is 0 Å². The second-order valence-electron chi connectivity index (χ2n) is 9.50. The number of rotatable bonds is 7. The van der Waals surface area contributed by atoms with Gasteiger partial charge in [-0.2, -0.15) is 0 Å². The van der Waals surface area contributed by atoms with Crippen LogP contribution in [0.25, 0.3) is 0 Å². The van der Waals surface area contributed by atoms with Gasteiger partial charge in [-0.3, -0.25) is 9.69 Å². The summed E-state index contributed by atoms with van der Waals surface area (Å²) >= 11 is 0. The van der Waals surface area contributed by atoms with Crippen molar-refractivity contribution in [2.24, 2.45) is 11.8 Å². The molecule has 0 radical (unpaired) electrons. The molecule has 0 saturated carbocycles. The van der Waals surface area contributed by atoms with Crippen LogP contribution in [-0.4, -0.2) is 66.5 Å². The molecule has 0 atom stereocenters. The van der Waals surface area contributed by atoms with Crippen molar-refractivity contribution in [1.29, 1.82) is 0 Å². The van der Waals surface area contributed by atoms with Crippen LogP contribution in [0.2, 0.25) is 0 Å². The quantitative estimate of drug-likeness (QED) is 0.693. The summed E-state index contributed by atoms with van der Waals surface area (Å²) in [7, 11) is 0. The van der Waals surface area contributed by atoms with E-state index >= 15 is 0 Å². The van der Waals surface area contributed by atoms with Gasteiger partial charge in [-0.1, -0.05) is 33.8 Å². The molecule has 1 aromatic rings. The first-order chi connectivity index (χ1) is 13.9. The molecule has 162 valence electrons. The summed E-state index contributed by atoms with van der Waals surface area (Å²) in [5.41, 5.74) is 1.30. The van der Waals surface area contributed by atoms with Gasteiger partial charge < -0.3 is 9.80 Å². The summed E-state index contributed by atoms with van der Waals surface area (Å²) in [6, 6.07) is 4.36. The number of hydrogen-bond acceptors (Lipinski definition) is 4. The topological polar surface area (TPSA) is 39.7 Å². The Hall–Kier alpha value is -1.62. The van der Waals surface area contributed by atoms with Crippen molar-refractivity contribution in [2.75, 3.05) is 50.7 Å². The Labute approximate surface area is 177 Å². The molecule has 2 aliphatic rings. The number of nitrogens with zero attached hydrogens (tertiary/aromatic N) is 4. The monoisotopic (exact) mass is 400 g/mol. The van der Waals surface area contributed by atoms with E-state index in [9.17, 15) is 4.79 Å². The summed E-state index contributed by atoms with van der Waals surface area (Å²) in [5, 5.41) is 0. The van der Waals surface area contributed by atoms with Crippen LogP contribution in [0.4, 0.5) is 5.82 Å². The van der Waals surface area contributed by atoms with Gasteiger partial charge in [0, 0.05) is 51.9 Å². The number of piperidine rings is 1. The first-order valence-corrected chi connectivity index (χ1v) is 11.6. The SMILES string of the molecule is CC(C)c1ccc(N2CCN(CCCC(=O)N3CCC(C(C)C)CC3)CC2)nc1. The molecule has 0 aromatic carbocycles. The lowest BCUT2D eigenvalue weighted by Crippen LogP contribution is -2.47. The summed E-state index contributed by atoms with van der Waals surface area (Å²) in [6.07, 6.45) is 6.05. The molecule has 3 heterocycles. The number of carbonyl (C=O) groups excluding carboxylic acids is 1. The minimum Gasteiger partial charge on any atom is -0.354 e. The normalized spacial score (nSPS) is 19.4. The fraction of sp³-hybridized carbons (Fsp3) is 0.750. The lowest BCUT2D eigenvalue weighted by atomic mass is 9.86. The number of anilines is 1. The average Bonchev–Trinajstić information content (AvgIpc) is 2.74. The Morgan fingerprint density at radius 2 is 1.72 bits per heavy atom. The Balaban J connectivity index is 1.33. The summed E-state index contributed by atoms with van der Waals surface area (Å²) in [4.78, 5) is 24.2. The van der Waals surface area contributed by atoms with Crippen molar-refractivity contribution < 1.29 is 4.79 Å². The predicted octanol–water partition coefficient (Wildman–Crippen LogP) is 4.00. The molecule has 3 rings (SSSR count). The van der Waals surface area contributed by atoms with Gasteiger partial charge >= 0.3 is 0 Å². The average molecular weight is 401 g/mol. The van der Waals surface area contributed by atoms with E-state index in [2.05, 4.69) is 59.5 Å². The first kappa shape index (κ1) is 22.1. The zero-order chi connectivity index (χ0) is 20.8. The van der Waals surface area contributed by atoms with E-state index < -0.39 is 0 Å². The third-order valence-corrected chi connectivity index (χ3v) is 6.83. The minimum atomic E-state index is 0.361. The molecule has 1 amide bonds. The van der Waals surface area contributed by atoms with E-state index in [-0.39, 0.29) is 0 Å². The van der Waals surface area contributed by atoms with Crippen molar-refractivity contribution in [1.82, 2.24) is 14.8 Å². The van der Waals surface area contributed by atoms with Crippen molar-refractivity contribution in [3.63, 3.8) is 0 Å². The van der Waals surface area contributed by atoms with Crippen LogP contribution < -0.4 is 4.90 Å². The highest BCUT2D eigenvalue weighted by Gasteiger charge is 2.24. The third kappa shape index (κ3) is 6.18. The van der Waals surface area contributed by atoms with Crippen molar-refractivity contribution in [3.8, 4) is 0 Å². The van der Waals surface area contributed by atoms with Gasteiger partial charge in [0.1, 0.15) is 5.82 Å². The molecular weight excluding hydrogens is 360 g/mol. The molecule has 29 heavy (non-hydrogen) atoms. The zero-order valence-corrected chi connectivity index (χ0v) is 18.9. The number of amides is 1. The Morgan fingerprint density at radius 3 is 2.28 bits per heavy atom. The largest absolute Gasteiger partial charge is 0.354 e. The van der Waals surface area contributed by atoms with E-state index in [4.69, 9.17) is 0 Å². The molecule has 0 unspecified atom stereocenters. The maximum atomic E-state index is 12.5. The number of pyridine rings is 1. The van der Waals surface area contributed by atoms with Crippen molar-refractivity contribution in [2.45, 2.75) is 59.3 Å². The number of likely N-dealkylation sites (tertiary alicyclic amines) is 1. The maximum absolute atomic E-state index is 12.5. The number of piperazine rings is 1. The summed E-state index contributed by atoms with van der Waals surface area (Å²) in [6.45, 7) is 16.1. The molecular formula is C24H40N4O. The van der Waals surface area contributed by atoms with Crippen LogP contribution in [-0.2, 0) is 4.79 Å². The van der Waals surface area contributed by atoms with Crippen LogP contribution in [0.1, 0.15) is 64.9 Å². The van der Waals surface area contributed by atoms with Gasteiger partial charge in [0.05, 0.1) is 0 Å². The molecule has 0 N–H and O–H groups in total.